The standard InChI is InChI=1S/C11H9ClF3N3S/c1-5(2)9-17-6(3-8(12)18-9)7-4-16-10(19-7)11(13,14)15/h3-5H,1-2H3. The minimum atomic E-state index is -4.44. The van der Waals surface area contributed by atoms with Gasteiger partial charge >= 0.3 is 6.18 Å². The van der Waals surface area contributed by atoms with Crippen LogP contribution in [0.15, 0.2) is 12.3 Å². The normalized spacial score (nSPS) is 12.2. The van der Waals surface area contributed by atoms with E-state index in [1.807, 2.05) is 13.8 Å². The largest absolute Gasteiger partial charge is 0.443 e. The van der Waals surface area contributed by atoms with Gasteiger partial charge in [0.25, 0.3) is 0 Å². The summed E-state index contributed by atoms with van der Waals surface area (Å²) in [6.07, 6.45) is -3.29. The predicted octanol–water partition coefficient (Wildman–Crippen LogP) is 4.40. The Bertz CT molecular complexity index is 595. The summed E-state index contributed by atoms with van der Waals surface area (Å²) in [6.45, 7) is 3.76. The third-order valence-corrected chi connectivity index (χ3v) is 3.49. The number of aromatic nitrogens is 3. The van der Waals surface area contributed by atoms with Crippen LogP contribution in [0.4, 0.5) is 13.2 Å². The lowest BCUT2D eigenvalue weighted by Crippen LogP contribution is -2.02. The van der Waals surface area contributed by atoms with Gasteiger partial charge in [0.2, 0.25) is 0 Å². The smallest absolute Gasteiger partial charge is 0.240 e. The molecule has 0 aliphatic heterocycles. The molecule has 0 amide bonds. The minimum absolute atomic E-state index is 0.0347. The molecule has 0 unspecified atom stereocenters. The molecule has 0 bridgehead atoms. The molecule has 102 valence electrons. The first-order valence-electron chi connectivity index (χ1n) is 5.35. The van der Waals surface area contributed by atoms with Gasteiger partial charge in [-0.25, -0.2) is 15.0 Å². The highest BCUT2D eigenvalue weighted by Crippen LogP contribution is 2.36. The third kappa shape index (κ3) is 3.22. The van der Waals surface area contributed by atoms with Crippen LogP contribution in [0.25, 0.3) is 10.6 Å². The Morgan fingerprint density at radius 2 is 1.95 bits per heavy atom. The second-order valence-electron chi connectivity index (χ2n) is 4.12. The maximum absolute atomic E-state index is 12.5. The van der Waals surface area contributed by atoms with Crippen LogP contribution >= 0.6 is 22.9 Å². The van der Waals surface area contributed by atoms with E-state index >= 15 is 0 Å². The van der Waals surface area contributed by atoms with Crippen LogP contribution in [0.2, 0.25) is 5.15 Å². The van der Waals surface area contributed by atoms with Gasteiger partial charge in [-0.2, -0.15) is 13.2 Å². The molecule has 2 aromatic rings. The van der Waals surface area contributed by atoms with Crippen LogP contribution in [0.3, 0.4) is 0 Å². The first-order valence-corrected chi connectivity index (χ1v) is 6.54. The Kier molecular flexibility index (Phi) is 3.78. The fourth-order valence-electron chi connectivity index (χ4n) is 1.34. The number of rotatable bonds is 2. The molecule has 0 atom stereocenters. The molecule has 0 radical (unpaired) electrons. The molecule has 3 nitrogen and oxygen atoms in total. The molecule has 2 aromatic heterocycles. The van der Waals surface area contributed by atoms with Crippen molar-refractivity contribution in [1.82, 2.24) is 15.0 Å². The zero-order chi connectivity index (χ0) is 14.2. The highest BCUT2D eigenvalue weighted by atomic mass is 35.5. The highest BCUT2D eigenvalue weighted by molar-refractivity contribution is 7.15. The Morgan fingerprint density at radius 1 is 1.26 bits per heavy atom. The van der Waals surface area contributed by atoms with Crippen molar-refractivity contribution in [3.8, 4) is 10.6 Å². The molecule has 2 heterocycles. The van der Waals surface area contributed by atoms with Crippen molar-refractivity contribution in [1.29, 1.82) is 0 Å². The highest BCUT2D eigenvalue weighted by Gasteiger charge is 2.34. The fraction of sp³-hybridized carbons (Fsp3) is 0.364. The van der Waals surface area contributed by atoms with Crippen LogP contribution < -0.4 is 0 Å². The van der Waals surface area contributed by atoms with E-state index in [9.17, 15) is 13.2 Å². The molecule has 0 spiro atoms. The molecule has 0 saturated carbocycles. The minimum Gasteiger partial charge on any atom is -0.240 e. The van der Waals surface area contributed by atoms with Gasteiger partial charge in [0.15, 0.2) is 5.01 Å². The van der Waals surface area contributed by atoms with Crippen LogP contribution in [0.5, 0.6) is 0 Å². The first-order chi connectivity index (χ1) is 8.77. The molecule has 19 heavy (non-hydrogen) atoms. The average Bonchev–Trinajstić information content (AvgIpc) is 2.76. The summed E-state index contributed by atoms with van der Waals surface area (Å²) in [5.74, 6) is 0.525. The molecule has 2 rings (SSSR count). The number of halogens is 4. The molecule has 0 aliphatic carbocycles. The molecule has 0 aliphatic rings. The van der Waals surface area contributed by atoms with Crippen molar-refractivity contribution in [3.63, 3.8) is 0 Å². The van der Waals surface area contributed by atoms with Crippen LogP contribution in [-0.2, 0) is 6.18 Å². The summed E-state index contributed by atoms with van der Waals surface area (Å²) in [5.41, 5.74) is 0.358. The fourth-order valence-corrected chi connectivity index (χ4v) is 2.28. The van der Waals surface area contributed by atoms with Crippen molar-refractivity contribution < 1.29 is 13.2 Å². The number of hydrogen-bond acceptors (Lipinski definition) is 4. The van der Waals surface area contributed by atoms with E-state index in [1.165, 1.54) is 6.07 Å². The molecule has 0 N–H and O–H groups in total. The van der Waals surface area contributed by atoms with Gasteiger partial charge in [0.05, 0.1) is 10.6 Å². The van der Waals surface area contributed by atoms with Gasteiger partial charge in [0.1, 0.15) is 11.0 Å². The molecule has 0 fully saturated rings. The monoisotopic (exact) mass is 307 g/mol. The van der Waals surface area contributed by atoms with E-state index in [2.05, 4.69) is 15.0 Å². The van der Waals surface area contributed by atoms with Gasteiger partial charge in [-0.3, -0.25) is 0 Å². The molecule has 0 aromatic carbocycles. The maximum atomic E-state index is 12.5. The average molecular weight is 308 g/mol. The van der Waals surface area contributed by atoms with Gasteiger partial charge in [-0.05, 0) is 0 Å². The maximum Gasteiger partial charge on any atom is 0.443 e. The Morgan fingerprint density at radius 3 is 2.47 bits per heavy atom. The number of hydrogen-bond donors (Lipinski definition) is 0. The van der Waals surface area contributed by atoms with E-state index in [4.69, 9.17) is 11.6 Å². The third-order valence-electron chi connectivity index (χ3n) is 2.23. The Hall–Kier alpha value is -1.21. The summed E-state index contributed by atoms with van der Waals surface area (Å²) in [5, 5.41) is -0.695. The predicted molar refractivity (Wildman–Crippen MR) is 67.2 cm³/mol. The lowest BCUT2D eigenvalue weighted by Gasteiger charge is -2.05. The first kappa shape index (κ1) is 14.2. The van der Waals surface area contributed by atoms with Crippen molar-refractivity contribution >= 4 is 22.9 Å². The van der Waals surface area contributed by atoms with E-state index in [0.29, 0.717) is 27.7 Å². The SMILES string of the molecule is CC(C)c1nc(Cl)cc(-c2cnc(C(F)(F)F)s2)n1. The van der Waals surface area contributed by atoms with Crippen LogP contribution in [-0.4, -0.2) is 15.0 Å². The van der Waals surface area contributed by atoms with Crippen LogP contribution in [0.1, 0.15) is 30.6 Å². The summed E-state index contributed by atoms with van der Waals surface area (Å²) < 4.78 is 37.5. The van der Waals surface area contributed by atoms with Crippen molar-refractivity contribution in [2.75, 3.05) is 0 Å². The molecular formula is C11H9ClF3N3S. The van der Waals surface area contributed by atoms with Crippen molar-refractivity contribution in [3.05, 3.63) is 28.2 Å². The number of nitrogens with zero attached hydrogens (tertiary/aromatic N) is 3. The van der Waals surface area contributed by atoms with Crippen molar-refractivity contribution in [2.45, 2.75) is 25.9 Å². The summed E-state index contributed by atoms with van der Waals surface area (Å²) >= 11 is 6.39. The molecule has 8 heteroatoms. The Labute approximate surface area is 116 Å². The number of thiazole rings is 1. The zero-order valence-electron chi connectivity index (χ0n) is 9.99. The van der Waals surface area contributed by atoms with Gasteiger partial charge < -0.3 is 0 Å². The molecule has 0 saturated heterocycles. The van der Waals surface area contributed by atoms with E-state index in [1.54, 1.807) is 0 Å². The molecular weight excluding hydrogens is 299 g/mol. The van der Waals surface area contributed by atoms with E-state index < -0.39 is 11.2 Å². The van der Waals surface area contributed by atoms with E-state index in [0.717, 1.165) is 6.20 Å². The second kappa shape index (κ2) is 5.05. The topological polar surface area (TPSA) is 38.7 Å². The van der Waals surface area contributed by atoms with Gasteiger partial charge in [0, 0.05) is 18.2 Å². The van der Waals surface area contributed by atoms with Crippen LogP contribution in [0, 0.1) is 0 Å². The lowest BCUT2D eigenvalue weighted by molar-refractivity contribution is -0.137. The van der Waals surface area contributed by atoms with E-state index in [-0.39, 0.29) is 11.1 Å². The van der Waals surface area contributed by atoms with Gasteiger partial charge in [-0.1, -0.05) is 25.4 Å². The summed E-state index contributed by atoms with van der Waals surface area (Å²) in [4.78, 5) is 11.9. The van der Waals surface area contributed by atoms with Gasteiger partial charge in [-0.15, -0.1) is 11.3 Å². The second-order valence-corrected chi connectivity index (χ2v) is 5.53. The quantitative estimate of drug-likeness (QED) is 0.772. The Balaban J connectivity index is 2.44. The zero-order valence-corrected chi connectivity index (χ0v) is 11.6. The summed E-state index contributed by atoms with van der Waals surface area (Å²) in [7, 11) is 0. The lowest BCUT2D eigenvalue weighted by atomic mass is 10.2. The summed E-state index contributed by atoms with van der Waals surface area (Å²) in [6, 6.07) is 1.43. The van der Waals surface area contributed by atoms with Crippen molar-refractivity contribution in [2.24, 2.45) is 0 Å². The number of alkyl halides is 3.